The Morgan fingerprint density at radius 1 is 1.53 bits per heavy atom. The number of carbonyl (C=O) groups excluding carboxylic acids is 1. The van der Waals surface area contributed by atoms with Crippen LogP contribution < -0.4 is 5.32 Å². The molecule has 1 aromatic rings. The van der Waals surface area contributed by atoms with Crippen LogP contribution in [0.15, 0.2) is 18.2 Å². The van der Waals surface area contributed by atoms with Crippen molar-refractivity contribution in [3.8, 4) is 0 Å². The molecular formula is C12H14ClNO. The second-order valence-electron chi connectivity index (χ2n) is 4.04. The molecule has 1 aliphatic rings. The minimum Gasteiger partial charge on any atom is -0.307 e. The van der Waals surface area contributed by atoms with Gasteiger partial charge in [-0.1, -0.05) is 11.6 Å². The molecule has 0 atom stereocenters. The van der Waals surface area contributed by atoms with Gasteiger partial charge in [0.05, 0.1) is 6.54 Å². The lowest BCUT2D eigenvalue weighted by atomic mass is 10.1. The normalized spacial score (nSPS) is 15.3. The topological polar surface area (TPSA) is 29.1 Å². The molecule has 0 spiro atoms. The monoisotopic (exact) mass is 223 g/mol. The molecule has 2 rings (SSSR count). The Morgan fingerprint density at radius 2 is 2.27 bits per heavy atom. The van der Waals surface area contributed by atoms with Gasteiger partial charge in [0.15, 0.2) is 5.78 Å². The summed E-state index contributed by atoms with van der Waals surface area (Å²) in [5.74, 6) is 0.149. The van der Waals surface area contributed by atoms with Crippen LogP contribution in [0.2, 0.25) is 5.02 Å². The van der Waals surface area contributed by atoms with Crippen molar-refractivity contribution in [1.82, 2.24) is 5.32 Å². The van der Waals surface area contributed by atoms with Crippen molar-refractivity contribution in [2.45, 2.75) is 25.8 Å². The maximum atomic E-state index is 11.8. The fourth-order valence-corrected chi connectivity index (χ4v) is 1.79. The molecule has 15 heavy (non-hydrogen) atoms. The van der Waals surface area contributed by atoms with Gasteiger partial charge >= 0.3 is 0 Å². The van der Waals surface area contributed by atoms with Crippen LogP contribution >= 0.6 is 11.6 Å². The van der Waals surface area contributed by atoms with E-state index in [1.807, 2.05) is 13.0 Å². The summed E-state index contributed by atoms with van der Waals surface area (Å²) in [4.78, 5) is 11.8. The van der Waals surface area contributed by atoms with E-state index in [4.69, 9.17) is 11.6 Å². The summed E-state index contributed by atoms with van der Waals surface area (Å²) in [5.41, 5.74) is 1.72. The van der Waals surface area contributed by atoms with Gasteiger partial charge in [0, 0.05) is 16.6 Å². The number of benzene rings is 1. The minimum absolute atomic E-state index is 0.149. The molecule has 3 heteroatoms. The molecule has 0 bridgehead atoms. The Morgan fingerprint density at radius 3 is 2.87 bits per heavy atom. The quantitative estimate of drug-likeness (QED) is 0.795. The second-order valence-corrected chi connectivity index (χ2v) is 4.47. The third kappa shape index (κ3) is 2.80. The van der Waals surface area contributed by atoms with Crippen LogP contribution in [0.5, 0.6) is 0 Å². The first-order chi connectivity index (χ1) is 7.16. The van der Waals surface area contributed by atoms with Crippen LogP contribution in [0, 0.1) is 6.92 Å². The number of hydrogen-bond donors (Lipinski definition) is 1. The average Bonchev–Trinajstić information content (AvgIpc) is 2.97. The number of aryl methyl sites for hydroxylation is 1. The van der Waals surface area contributed by atoms with Gasteiger partial charge in [-0.3, -0.25) is 4.79 Å². The molecule has 0 aromatic heterocycles. The average molecular weight is 224 g/mol. The molecule has 0 saturated heterocycles. The smallest absolute Gasteiger partial charge is 0.176 e. The van der Waals surface area contributed by atoms with Crippen molar-refractivity contribution < 1.29 is 4.79 Å². The number of halogens is 1. The van der Waals surface area contributed by atoms with Crippen molar-refractivity contribution in [2.24, 2.45) is 0 Å². The first kappa shape index (κ1) is 10.7. The standard InChI is InChI=1S/C12H14ClNO/c1-8-6-9(13)2-5-11(8)12(15)7-14-10-3-4-10/h2,5-6,10,14H,3-4,7H2,1H3. The summed E-state index contributed by atoms with van der Waals surface area (Å²) in [5, 5.41) is 3.89. The SMILES string of the molecule is Cc1cc(Cl)ccc1C(=O)CNC1CC1. The number of hydrogen-bond acceptors (Lipinski definition) is 2. The lowest BCUT2D eigenvalue weighted by Crippen LogP contribution is -2.25. The van der Waals surface area contributed by atoms with Crippen LogP contribution in [0.1, 0.15) is 28.8 Å². The van der Waals surface area contributed by atoms with Crippen molar-refractivity contribution in [1.29, 1.82) is 0 Å². The van der Waals surface area contributed by atoms with Gasteiger partial charge in [-0.15, -0.1) is 0 Å². The Balaban J connectivity index is 2.03. The van der Waals surface area contributed by atoms with Gasteiger partial charge < -0.3 is 5.32 Å². The Kier molecular flexibility index (Phi) is 3.08. The zero-order valence-electron chi connectivity index (χ0n) is 8.72. The fourth-order valence-electron chi connectivity index (χ4n) is 1.56. The van der Waals surface area contributed by atoms with Gasteiger partial charge in [-0.25, -0.2) is 0 Å². The van der Waals surface area contributed by atoms with Crippen molar-refractivity contribution in [2.75, 3.05) is 6.54 Å². The highest BCUT2D eigenvalue weighted by atomic mass is 35.5. The van der Waals surface area contributed by atoms with Gasteiger partial charge in [0.2, 0.25) is 0 Å². The highest BCUT2D eigenvalue weighted by Gasteiger charge is 2.21. The molecule has 0 amide bonds. The van der Waals surface area contributed by atoms with E-state index in [2.05, 4.69) is 5.32 Å². The molecule has 80 valence electrons. The van der Waals surface area contributed by atoms with E-state index >= 15 is 0 Å². The van der Waals surface area contributed by atoms with E-state index < -0.39 is 0 Å². The summed E-state index contributed by atoms with van der Waals surface area (Å²) < 4.78 is 0. The summed E-state index contributed by atoms with van der Waals surface area (Å²) in [7, 11) is 0. The van der Waals surface area contributed by atoms with E-state index in [0.717, 1.165) is 11.1 Å². The zero-order chi connectivity index (χ0) is 10.8. The maximum Gasteiger partial charge on any atom is 0.176 e. The highest BCUT2D eigenvalue weighted by molar-refractivity contribution is 6.30. The first-order valence-electron chi connectivity index (χ1n) is 5.19. The van der Waals surface area contributed by atoms with Gasteiger partial charge in [0.1, 0.15) is 0 Å². The molecular weight excluding hydrogens is 210 g/mol. The molecule has 1 N–H and O–H groups in total. The molecule has 1 aromatic carbocycles. The molecule has 2 nitrogen and oxygen atoms in total. The van der Waals surface area contributed by atoms with E-state index in [1.165, 1.54) is 12.8 Å². The zero-order valence-corrected chi connectivity index (χ0v) is 9.47. The summed E-state index contributed by atoms with van der Waals surface area (Å²) in [6, 6.07) is 5.96. The summed E-state index contributed by atoms with van der Waals surface area (Å²) >= 11 is 5.83. The van der Waals surface area contributed by atoms with Crippen LogP contribution in [0.25, 0.3) is 0 Å². The Bertz CT molecular complexity index is 385. The molecule has 0 unspecified atom stereocenters. The van der Waals surface area contributed by atoms with Gasteiger partial charge in [-0.05, 0) is 43.5 Å². The van der Waals surface area contributed by atoms with E-state index in [-0.39, 0.29) is 5.78 Å². The van der Waals surface area contributed by atoms with Gasteiger partial charge in [-0.2, -0.15) is 0 Å². The number of carbonyl (C=O) groups is 1. The summed E-state index contributed by atoms with van der Waals surface area (Å²) in [6.07, 6.45) is 2.40. The van der Waals surface area contributed by atoms with E-state index in [0.29, 0.717) is 17.6 Å². The molecule has 0 heterocycles. The van der Waals surface area contributed by atoms with Crippen LogP contribution in [0.4, 0.5) is 0 Å². The Hall–Kier alpha value is -0.860. The number of Topliss-reactive ketones (excluding diaryl/α,β-unsaturated/α-hetero) is 1. The van der Waals surface area contributed by atoms with Crippen molar-refractivity contribution in [3.05, 3.63) is 34.3 Å². The fraction of sp³-hybridized carbons (Fsp3) is 0.417. The second kappa shape index (κ2) is 4.33. The minimum atomic E-state index is 0.149. The molecule has 0 radical (unpaired) electrons. The number of rotatable bonds is 4. The van der Waals surface area contributed by atoms with E-state index in [1.54, 1.807) is 12.1 Å². The lowest BCUT2D eigenvalue weighted by molar-refractivity contribution is 0.0990. The van der Waals surface area contributed by atoms with Gasteiger partial charge in [0.25, 0.3) is 0 Å². The first-order valence-corrected chi connectivity index (χ1v) is 5.57. The predicted molar refractivity (Wildman–Crippen MR) is 61.5 cm³/mol. The third-order valence-electron chi connectivity index (χ3n) is 2.62. The predicted octanol–water partition coefficient (Wildman–Crippen LogP) is 2.58. The van der Waals surface area contributed by atoms with Crippen LogP contribution in [0.3, 0.4) is 0 Å². The number of nitrogens with one attached hydrogen (secondary N) is 1. The molecule has 1 aliphatic carbocycles. The molecule has 0 aliphatic heterocycles. The van der Waals surface area contributed by atoms with E-state index in [9.17, 15) is 4.79 Å². The van der Waals surface area contributed by atoms with Crippen molar-refractivity contribution >= 4 is 17.4 Å². The lowest BCUT2D eigenvalue weighted by Gasteiger charge is -2.06. The maximum absolute atomic E-state index is 11.8. The summed E-state index contributed by atoms with van der Waals surface area (Å²) in [6.45, 7) is 2.35. The Labute approximate surface area is 94.6 Å². The van der Waals surface area contributed by atoms with Crippen LogP contribution in [-0.4, -0.2) is 18.4 Å². The largest absolute Gasteiger partial charge is 0.307 e. The highest BCUT2D eigenvalue weighted by Crippen LogP contribution is 2.19. The van der Waals surface area contributed by atoms with Crippen molar-refractivity contribution in [3.63, 3.8) is 0 Å². The molecule has 1 fully saturated rings. The number of ketones is 1. The third-order valence-corrected chi connectivity index (χ3v) is 2.85. The van der Waals surface area contributed by atoms with Crippen LogP contribution in [-0.2, 0) is 0 Å². The molecule has 1 saturated carbocycles.